The Balaban J connectivity index is 1.34. The number of halogens is 1. The zero-order chi connectivity index (χ0) is 24.6. The van der Waals surface area contributed by atoms with Crippen LogP contribution in [0, 0.1) is 0 Å². The van der Waals surface area contributed by atoms with Crippen LogP contribution in [0.3, 0.4) is 0 Å². The second-order valence-corrected chi connectivity index (χ2v) is 10.7. The Morgan fingerprint density at radius 1 is 0.944 bits per heavy atom. The molecule has 0 aliphatic rings. The van der Waals surface area contributed by atoms with Crippen molar-refractivity contribution >= 4 is 53.3 Å². The molecule has 0 saturated heterocycles. The molecule has 4 aromatic carbocycles. The summed E-state index contributed by atoms with van der Waals surface area (Å²) in [6, 6.07) is 31.1. The smallest absolute Gasteiger partial charge is 0.270 e. The molecule has 0 fully saturated rings. The third-order valence-electron chi connectivity index (χ3n) is 6.43. The van der Waals surface area contributed by atoms with E-state index in [-0.39, 0.29) is 11.9 Å². The Hall–Kier alpha value is -3.74. The van der Waals surface area contributed by atoms with Gasteiger partial charge < -0.3 is 5.32 Å². The largest absolute Gasteiger partial charge is 0.344 e. The molecule has 0 radical (unpaired) electrons. The van der Waals surface area contributed by atoms with Gasteiger partial charge in [-0.05, 0) is 53.9 Å². The molecule has 6 rings (SSSR count). The van der Waals surface area contributed by atoms with Crippen LogP contribution in [-0.2, 0) is 0 Å². The van der Waals surface area contributed by atoms with Gasteiger partial charge in [0.1, 0.15) is 5.69 Å². The second-order valence-electron chi connectivity index (χ2n) is 8.73. The molecule has 0 aliphatic carbocycles. The van der Waals surface area contributed by atoms with Crippen LogP contribution < -0.4 is 5.32 Å². The lowest BCUT2D eigenvalue weighted by molar-refractivity contribution is 0.0933. The minimum Gasteiger partial charge on any atom is -0.344 e. The Bertz CT molecular complexity index is 1720. The van der Waals surface area contributed by atoms with Crippen molar-refractivity contribution in [2.75, 3.05) is 0 Å². The Morgan fingerprint density at radius 3 is 2.58 bits per heavy atom. The van der Waals surface area contributed by atoms with Crippen molar-refractivity contribution in [2.24, 2.45) is 0 Å². The predicted molar refractivity (Wildman–Crippen MR) is 152 cm³/mol. The van der Waals surface area contributed by atoms with E-state index in [0.717, 1.165) is 21.3 Å². The molecule has 0 aliphatic heterocycles. The third-order valence-corrected chi connectivity index (χ3v) is 8.18. The van der Waals surface area contributed by atoms with E-state index >= 15 is 0 Å². The van der Waals surface area contributed by atoms with E-state index in [2.05, 4.69) is 80.8 Å². The van der Waals surface area contributed by atoms with Gasteiger partial charge in [-0.3, -0.25) is 9.36 Å². The average Bonchev–Trinajstić information content (AvgIpc) is 3.54. The summed E-state index contributed by atoms with van der Waals surface area (Å²) in [6.07, 6.45) is 3.31. The molecule has 2 aromatic heterocycles. The average molecular weight is 552 g/mol. The van der Waals surface area contributed by atoms with Gasteiger partial charge >= 0.3 is 0 Å². The zero-order valence-corrected chi connectivity index (χ0v) is 21.9. The molecule has 0 saturated carbocycles. The third kappa shape index (κ3) is 4.12. The topological polar surface area (TPSA) is 46.9 Å². The minimum absolute atomic E-state index is 0.133. The van der Waals surface area contributed by atoms with E-state index in [1.54, 1.807) is 12.5 Å². The molecule has 4 nitrogen and oxygen atoms in total. The molecule has 1 unspecified atom stereocenters. The summed E-state index contributed by atoms with van der Waals surface area (Å²) < 4.78 is 5.40. The molecule has 176 valence electrons. The van der Waals surface area contributed by atoms with Crippen LogP contribution >= 0.6 is 27.3 Å². The fourth-order valence-electron chi connectivity index (χ4n) is 4.57. The van der Waals surface area contributed by atoms with E-state index in [1.165, 1.54) is 25.7 Å². The normalized spacial score (nSPS) is 12.2. The fourth-order valence-corrected chi connectivity index (χ4v) is 6.07. The predicted octanol–water partition coefficient (Wildman–Crippen LogP) is 8.16. The molecule has 6 aromatic rings. The Morgan fingerprint density at radius 2 is 1.72 bits per heavy atom. The number of aromatic nitrogens is 2. The lowest BCUT2D eigenvalue weighted by Crippen LogP contribution is -2.28. The number of thiophene rings is 1. The maximum absolute atomic E-state index is 13.2. The van der Waals surface area contributed by atoms with Gasteiger partial charge in [-0.25, -0.2) is 4.98 Å². The molecular formula is C30H22BrN3OS. The van der Waals surface area contributed by atoms with Gasteiger partial charge in [-0.2, -0.15) is 0 Å². The first-order chi connectivity index (χ1) is 17.6. The number of fused-ring (bicyclic) bond motifs is 3. The molecule has 1 atom stereocenters. The maximum Gasteiger partial charge on any atom is 0.270 e. The molecule has 1 N–H and O–H groups in total. The minimum atomic E-state index is -0.167. The first-order valence-corrected chi connectivity index (χ1v) is 13.3. The number of hydrogen-bond acceptors (Lipinski definition) is 3. The number of carbonyl (C=O) groups excluding carboxylic acids is 1. The van der Waals surface area contributed by atoms with Crippen LogP contribution in [0.25, 0.3) is 37.0 Å². The second kappa shape index (κ2) is 9.37. The highest BCUT2D eigenvalue weighted by molar-refractivity contribution is 9.10. The maximum atomic E-state index is 13.2. The molecule has 0 bridgehead atoms. The van der Waals surface area contributed by atoms with Crippen molar-refractivity contribution in [2.45, 2.75) is 13.0 Å². The molecular weight excluding hydrogens is 530 g/mol. The number of imidazole rings is 1. The summed E-state index contributed by atoms with van der Waals surface area (Å²) in [6.45, 7) is 1.98. The first kappa shape index (κ1) is 22.7. The van der Waals surface area contributed by atoms with E-state index < -0.39 is 0 Å². The van der Waals surface area contributed by atoms with Gasteiger partial charge in [-0.1, -0.05) is 76.6 Å². The Labute approximate surface area is 221 Å². The van der Waals surface area contributed by atoms with E-state index in [4.69, 9.17) is 0 Å². The van der Waals surface area contributed by atoms with Crippen LogP contribution in [0.2, 0.25) is 0 Å². The molecule has 2 heterocycles. The summed E-state index contributed by atoms with van der Waals surface area (Å²) in [4.78, 5) is 17.5. The number of amides is 1. The van der Waals surface area contributed by atoms with E-state index in [0.29, 0.717) is 5.69 Å². The first-order valence-electron chi connectivity index (χ1n) is 11.7. The summed E-state index contributed by atoms with van der Waals surface area (Å²) >= 11 is 5.27. The lowest BCUT2D eigenvalue weighted by Gasteiger charge is -2.16. The summed E-state index contributed by atoms with van der Waals surface area (Å²) in [7, 11) is 0. The highest BCUT2D eigenvalue weighted by atomic mass is 79.9. The summed E-state index contributed by atoms with van der Waals surface area (Å²) in [5, 5.41) is 5.65. The zero-order valence-electron chi connectivity index (χ0n) is 19.5. The van der Waals surface area contributed by atoms with Crippen LogP contribution in [0.1, 0.15) is 29.0 Å². The van der Waals surface area contributed by atoms with E-state index in [1.807, 2.05) is 59.2 Å². The van der Waals surface area contributed by atoms with Crippen molar-refractivity contribution in [3.05, 3.63) is 119 Å². The van der Waals surface area contributed by atoms with Crippen molar-refractivity contribution in [1.82, 2.24) is 14.9 Å². The number of nitrogens with one attached hydrogen (secondary N) is 1. The number of benzene rings is 4. The fraction of sp³-hybridized carbons (Fsp3) is 0.0667. The number of carbonyl (C=O) groups is 1. The number of rotatable bonds is 5. The molecule has 1 amide bonds. The van der Waals surface area contributed by atoms with Gasteiger partial charge in [0.05, 0.1) is 18.6 Å². The highest BCUT2D eigenvalue weighted by Crippen LogP contribution is 2.40. The van der Waals surface area contributed by atoms with Gasteiger partial charge in [0.25, 0.3) is 5.91 Å². The van der Waals surface area contributed by atoms with Crippen LogP contribution in [-0.4, -0.2) is 15.5 Å². The van der Waals surface area contributed by atoms with Crippen LogP contribution in [0.4, 0.5) is 0 Å². The van der Waals surface area contributed by atoms with Crippen molar-refractivity contribution in [1.29, 1.82) is 0 Å². The SMILES string of the molecule is CC(NC(=O)c1cncn1-c1cccc(-c2cccc3c2sc2ccccc23)c1)c1ccc(Br)cc1. The van der Waals surface area contributed by atoms with E-state index in [9.17, 15) is 4.79 Å². The summed E-state index contributed by atoms with van der Waals surface area (Å²) in [5.74, 6) is -0.167. The van der Waals surface area contributed by atoms with Crippen LogP contribution in [0.15, 0.2) is 108 Å². The lowest BCUT2D eigenvalue weighted by atomic mass is 10.0. The molecule has 6 heteroatoms. The van der Waals surface area contributed by atoms with Crippen molar-refractivity contribution < 1.29 is 4.79 Å². The van der Waals surface area contributed by atoms with Crippen molar-refractivity contribution in [3.63, 3.8) is 0 Å². The monoisotopic (exact) mass is 551 g/mol. The molecule has 0 spiro atoms. The number of nitrogens with zero attached hydrogens (tertiary/aromatic N) is 2. The highest BCUT2D eigenvalue weighted by Gasteiger charge is 2.17. The number of hydrogen-bond donors (Lipinski definition) is 1. The quantitative estimate of drug-likeness (QED) is 0.235. The molecule has 36 heavy (non-hydrogen) atoms. The van der Waals surface area contributed by atoms with Crippen LogP contribution in [0.5, 0.6) is 0 Å². The van der Waals surface area contributed by atoms with Crippen molar-refractivity contribution in [3.8, 4) is 16.8 Å². The van der Waals surface area contributed by atoms with Gasteiger partial charge in [0.15, 0.2) is 0 Å². The Kier molecular flexibility index (Phi) is 5.91. The van der Waals surface area contributed by atoms with Gasteiger partial charge in [0.2, 0.25) is 0 Å². The van der Waals surface area contributed by atoms with Gasteiger partial charge in [0, 0.05) is 30.3 Å². The standard InChI is InChI=1S/C30H22BrN3OS/c1-19(20-12-14-22(31)15-13-20)33-30(35)27-17-32-18-34(27)23-7-4-6-21(16-23)24-9-5-10-26-25-8-2-3-11-28(25)36-29(24)26/h2-19H,1H3,(H,33,35). The summed E-state index contributed by atoms with van der Waals surface area (Å²) in [5.41, 5.74) is 4.72. The van der Waals surface area contributed by atoms with Gasteiger partial charge in [-0.15, -0.1) is 11.3 Å².